The van der Waals surface area contributed by atoms with Gasteiger partial charge >= 0.3 is 0 Å². The van der Waals surface area contributed by atoms with E-state index in [-0.39, 0.29) is 22.2 Å². The van der Waals surface area contributed by atoms with E-state index in [1.54, 1.807) is 0 Å². The number of nitro groups is 1. The number of amides is 1. The van der Waals surface area contributed by atoms with Gasteiger partial charge < -0.3 is 5.32 Å². The van der Waals surface area contributed by atoms with Crippen molar-refractivity contribution in [2.45, 2.75) is 25.2 Å². The van der Waals surface area contributed by atoms with Gasteiger partial charge in [-0.2, -0.15) is 0 Å². The average Bonchev–Trinajstić information content (AvgIpc) is 2.59. The Morgan fingerprint density at radius 1 is 1.15 bits per heavy atom. The van der Waals surface area contributed by atoms with Crippen LogP contribution in [-0.4, -0.2) is 25.8 Å². The molecular formula is C17H19N3O5S. The van der Waals surface area contributed by atoms with Crippen molar-refractivity contribution < 1.29 is 18.1 Å². The van der Waals surface area contributed by atoms with Gasteiger partial charge in [0.25, 0.3) is 21.6 Å². The van der Waals surface area contributed by atoms with E-state index in [1.165, 1.54) is 43.3 Å². The largest absolute Gasteiger partial charge is 0.352 e. The lowest BCUT2D eigenvalue weighted by Gasteiger charge is -2.09. The molecule has 0 heterocycles. The second-order valence-corrected chi connectivity index (χ2v) is 7.33. The first kappa shape index (κ1) is 19.4. The Hall–Kier alpha value is -2.94. The second-order valence-electron chi connectivity index (χ2n) is 5.64. The van der Waals surface area contributed by atoms with Crippen LogP contribution in [0.2, 0.25) is 0 Å². The maximum atomic E-state index is 12.4. The molecule has 2 aromatic carbocycles. The monoisotopic (exact) mass is 377 g/mol. The number of nitrogens with zero attached hydrogens (tertiary/aromatic N) is 1. The van der Waals surface area contributed by atoms with Crippen LogP contribution in [0, 0.1) is 17.0 Å². The zero-order valence-corrected chi connectivity index (χ0v) is 15.2. The Kier molecular flexibility index (Phi) is 5.93. The summed E-state index contributed by atoms with van der Waals surface area (Å²) in [6, 6.07) is 9.62. The van der Waals surface area contributed by atoms with E-state index in [2.05, 4.69) is 10.0 Å². The number of carbonyl (C=O) groups is 1. The number of carbonyl (C=O) groups excluding carboxylic acids is 1. The first-order chi connectivity index (χ1) is 12.2. The van der Waals surface area contributed by atoms with Gasteiger partial charge in [0.2, 0.25) is 0 Å². The molecule has 2 N–H and O–H groups in total. The van der Waals surface area contributed by atoms with Crippen molar-refractivity contribution in [3.63, 3.8) is 0 Å². The van der Waals surface area contributed by atoms with Gasteiger partial charge in [0.05, 0.1) is 9.82 Å². The van der Waals surface area contributed by atoms with Gasteiger partial charge in [-0.1, -0.05) is 13.0 Å². The maximum absolute atomic E-state index is 12.4. The normalized spacial score (nSPS) is 11.0. The molecule has 0 aliphatic carbocycles. The van der Waals surface area contributed by atoms with Crippen LogP contribution in [0.3, 0.4) is 0 Å². The van der Waals surface area contributed by atoms with E-state index in [9.17, 15) is 23.3 Å². The summed E-state index contributed by atoms with van der Waals surface area (Å²) in [6.07, 6.45) is 0.812. The van der Waals surface area contributed by atoms with Crippen LogP contribution in [0.1, 0.15) is 29.3 Å². The quantitative estimate of drug-likeness (QED) is 0.568. The van der Waals surface area contributed by atoms with Gasteiger partial charge in [0.15, 0.2) is 0 Å². The van der Waals surface area contributed by atoms with E-state index < -0.39 is 14.9 Å². The molecular weight excluding hydrogens is 358 g/mol. The number of benzene rings is 2. The molecule has 26 heavy (non-hydrogen) atoms. The third-order valence-electron chi connectivity index (χ3n) is 3.62. The number of rotatable bonds is 7. The summed E-state index contributed by atoms with van der Waals surface area (Å²) in [7, 11) is -3.99. The van der Waals surface area contributed by atoms with Gasteiger partial charge in [-0.3, -0.25) is 19.6 Å². The molecule has 0 saturated heterocycles. The molecule has 0 aromatic heterocycles. The predicted octanol–water partition coefficient (Wildman–Crippen LogP) is 2.84. The van der Waals surface area contributed by atoms with Crippen LogP contribution in [0.15, 0.2) is 47.4 Å². The minimum absolute atomic E-state index is 0.209. The molecule has 0 bridgehead atoms. The SMILES string of the molecule is CCCNC(=O)c1ccc(NS(=O)(=O)c2ccc(C)c([N+](=O)[O-])c2)cc1. The number of aryl methyl sites for hydroxylation is 1. The third kappa shape index (κ3) is 4.57. The first-order valence-electron chi connectivity index (χ1n) is 7.90. The minimum Gasteiger partial charge on any atom is -0.352 e. The number of sulfonamides is 1. The minimum atomic E-state index is -3.99. The fourth-order valence-corrected chi connectivity index (χ4v) is 3.28. The Morgan fingerprint density at radius 3 is 2.38 bits per heavy atom. The molecule has 8 nitrogen and oxygen atoms in total. The summed E-state index contributed by atoms with van der Waals surface area (Å²) in [5.41, 5.74) is 0.764. The highest BCUT2D eigenvalue weighted by atomic mass is 32.2. The fraction of sp³-hybridized carbons (Fsp3) is 0.235. The van der Waals surface area contributed by atoms with Gasteiger partial charge in [0.1, 0.15) is 0 Å². The number of nitrogens with one attached hydrogen (secondary N) is 2. The lowest BCUT2D eigenvalue weighted by atomic mass is 10.2. The van der Waals surface area contributed by atoms with Crippen molar-refractivity contribution in [2.75, 3.05) is 11.3 Å². The van der Waals surface area contributed by atoms with E-state index in [0.29, 0.717) is 17.7 Å². The fourth-order valence-electron chi connectivity index (χ4n) is 2.20. The summed E-state index contributed by atoms with van der Waals surface area (Å²) in [6.45, 7) is 4.03. The van der Waals surface area contributed by atoms with Gasteiger partial charge in [-0.05, 0) is 43.7 Å². The maximum Gasteiger partial charge on any atom is 0.273 e. The molecule has 0 aliphatic rings. The van der Waals surface area contributed by atoms with E-state index in [1.807, 2.05) is 6.92 Å². The van der Waals surface area contributed by atoms with Crippen molar-refractivity contribution >= 4 is 27.3 Å². The molecule has 0 saturated carbocycles. The Labute approximate surface area is 151 Å². The smallest absolute Gasteiger partial charge is 0.273 e. The van der Waals surface area contributed by atoms with Gasteiger partial charge in [-0.15, -0.1) is 0 Å². The summed E-state index contributed by atoms with van der Waals surface area (Å²) in [5, 5.41) is 13.7. The predicted molar refractivity (Wildman–Crippen MR) is 97.7 cm³/mol. The van der Waals surface area contributed by atoms with Crippen LogP contribution in [0.5, 0.6) is 0 Å². The number of anilines is 1. The zero-order chi connectivity index (χ0) is 19.3. The Balaban J connectivity index is 2.20. The summed E-state index contributed by atoms with van der Waals surface area (Å²) < 4.78 is 27.2. The van der Waals surface area contributed by atoms with Crippen molar-refractivity contribution in [3.05, 3.63) is 63.7 Å². The number of hydrogen-bond acceptors (Lipinski definition) is 5. The highest BCUT2D eigenvalue weighted by molar-refractivity contribution is 7.92. The summed E-state index contributed by atoms with van der Waals surface area (Å²) in [4.78, 5) is 22.0. The van der Waals surface area contributed by atoms with Crippen molar-refractivity contribution in [1.29, 1.82) is 0 Å². The summed E-state index contributed by atoms with van der Waals surface area (Å²) in [5.74, 6) is -0.240. The molecule has 1 amide bonds. The van der Waals surface area contributed by atoms with Gasteiger partial charge in [-0.25, -0.2) is 8.42 Å². The number of nitro benzene ring substituents is 1. The third-order valence-corrected chi connectivity index (χ3v) is 5.00. The van der Waals surface area contributed by atoms with E-state index in [4.69, 9.17) is 0 Å². The van der Waals surface area contributed by atoms with Gasteiger partial charge in [0, 0.05) is 29.4 Å². The van der Waals surface area contributed by atoms with Crippen molar-refractivity contribution in [3.8, 4) is 0 Å². The number of hydrogen-bond donors (Lipinski definition) is 2. The van der Waals surface area contributed by atoms with Crippen LogP contribution >= 0.6 is 0 Å². The van der Waals surface area contributed by atoms with Crippen LogP contribution < -0.4 is 10.0 Å². The lowest BCUT2D eigenvalue weighted by molar-refractivity contribution is -0.385. The molecule has 0 unspecified atom stereocenters. The van der Waals surface area contributed by atoms with Crippen LogP contribution in [0.25, 0.3) is 0 Å². The van der Waals surface area contributed by atoms with Crippen LogP contribution in [-0.2, 0) is 10.0 Å². The zero-order valence-electron chi connectivity index (χ0n) is 14.4. The second kappa shape index (κ2) is 7.96. The van der Waals surface area contributed by atoms with Crippen molar-refractivity contribution in [2.24, 2.45) is 0 Å². The highest BCUT2D eigenvalue weighted by Gasteiger charge is 2.20. The van der Waals surface area contributed by atoms with E-state index in [0.717, 1.165) is 12.5 Å². The highest BCUT2D eigenvalue weighted by Crippen LogP contribution is 2.24. The lowest BCUT2D eigenvalue weighted by Crippen LogP contribution is -2.23. The molecule has 9 heteroatoms. The van der Waals surface area contributed by atoms with E-state index >= 15 is 0 Å². The molecule has 0 atom stereocenters. The molecule has 138 valence electrons. The molecule has 0 aliphatic heterocycles. The average molecular weight is 377 g/mol. The molecule has 2 rings (SSSR count). The molecule has 2 aromatic rings. The first-order valence-corrected chi connectivity index (χ1v) is 9.39. The van der Waals surface area contributed by atoms with Crippen LogP contribution in [0.4, 0.5) is 11.4 Å². The summed E-state index contributed by atoms with van der Waals surface area (Å²) >= 11 is 0. The molecule has 0 fully saturated rings. The van der Waals surface area contributed by atoms with Crippen molar-refractivity contribution in [1.82, 2.24) is 5.32 Å². The standard InChI is InChI=1S/C17H19N3O5S/c1-3-10-18-17(21)13-5-7-14(8-6-13)19-26(24,25)15-9-4-12(2)16(11-15)20(22)23/h4-9,11,19H,3,10H2,1-2H3,(H,18,21). The molecule has 0 spiro atoms. The Morgan fingerprint density at radius 2 is 1.81 bits per heavy atom. The Bertz CT molecular complexity index is 924. The molecule has 0 radical (unpaired) electrons. The topological polar surface area (TPSA) is 118 Å².